The van der Waals surface area contributed by atoms with Gasteiger partial charge in [-0.3, -0.25) is 4.79 Å². The highest BCUT2D eigenvalue weighted by Crippen LogP contribution is 2.44. The molecule has 0 amide bonds. The van der Waals surface area contributed by atoms with Crippen LogP contribution in [-0.4, -0.2) is 63.7 Å². The number of carbonyl (C=O) groups is 1. The van der Waals surface area contributed by atoms with Crippen molar-refractivity contribution in [2.45, 2.75) is 96.3 Å². The third-order valence-corrected chi connectivity index (χ3v) is 4.75. The van der Waals surface area contributed by atoms with Crippen LogP contribution < -0.4 is 0 Å². The summed E-state index contributed by atoms with van der Waals surface area (Å²) >= 11 is 0. The molecule has 2 aliphatic rings. The Bertz CT molecular complexity index is 461. The molecule has 146 valence electrons. The third-order valence-electron chi connectivity index (χ3n) is 4.75. The van der Waals surface area contributed by atoms with Crippen molar-refractivity contribution in [2.24, 2.45) is 11.8 Å². The van der Waals surface area contributed by atoms with Gasteiger partial charge in [0.2, 0.25) is 0 Å². The van der Waals surface area contributed by atoms with E-state index in [1.165, 1.54) is 0 Å². The Hall–Kier alpha value is -0.730. The minimum absolute atomic E-state index is 0.0278. The first-order valence-corrected chi connectivity index (χ1v) is 9.07. The van der Waals surface area contributed by atoms with Crippen molar-refractivity contribution in [3.05, 3.63) is 0 Å². The van der Waals surface area contributed by atoms with Crippen LogP contribution in [0.25, 0.3) is 0 Å². The summed E-state index contributed by atoms with van der Waals surface area (Å²) in [7, 11) is 0. The highest BCUT2D eigenvalue weighted by Gasteiger charge is 2.46. The van der Waals surface area contributed by atoms with Crippen LogP contribution in [0.3, 0.4) is 0 Å². The van der Waals surface area contributed by atoms with E-state index in [1.54, 1.807) is 6.92 Å². The molecule has 1 saturated carbocycles. The van der Waals surface area contributed by atoms with Crippen LogP contribution in [0.5, 0.6) is 0 Å². The largest absolute Gasteiger partial charge is 0.460 e. The molecule has 7 nitrogen and oxygen atoms in total. The lowest BCUT2D eigenvalue weighted by atomic mass is 10.00. The molecule has 7 heteroatoms. The molecule has 0 radical (unpaired) electrons. The maximum absolute atomic E-state index is 12.0. The predicted octanol–water partition coefficient (Wildman–Crippen LogP) is 0.977. The van der Waals surface area contributed by atoms with E-state index in [-0.39, 0.29) is 18.0 Å². The van der Waals surface area contributed by atoms with Crippen LogP contribution in [0.1, 0.15) is 53.9 Å². The van der Waals surface area contributed by atoms with E-state index in [2.05, 4.69) is 0 Å². The second-order valence-corrected chi connectivity index (χ2v) is 8.34. The molecular weight excluding hydrogens is 328 g/mol. The standard InChI is InChI=1S/C18H32O7/c1-9(23-17-15(21)14(20)13(19)10(2)24-17)6-7-11-8-12(11)16(22)25-18(3,4)5/h9-15,17,19-21H,6-8H2,1-5H3/t9-,10+,11?,12?,13+,14-,15-,17-/m1/s1. The van der Waals surface area contributed by atoms with E-state index in [0.717, 1.165) is 12.8 Å². The van der Waals surface area contributed by atoms with Gasteiger partial charge in [0.1, 0.15) is 23.9 Å². The first-order valence-electron chi connectivity index (χ1n) is 9.07. The van der Waals surface area contributed by atoms with Crippen LogP contribution in [-0.2, 0) is 19.0 Å². The van der Waals surface area contributed by atoms with Gasteiger partial charge in [0, 0.05) is 0 Å². The zero-order chi connectivity index (χ0) is 18.9. The van der Waals surface area contributed by atoms with Crippen molar-refractivity contribution < 1.29 is 34.3 Å². The minimum Gasteiger partial charge on any atom is -0.460 e. The Kier molecular flexibility index (Phi) is 6.49. The average Bonchev–Trinajstić information content (AvgIpc) is 3.26. The monoisotopic (exact) mass is 360 g/mol. The fourth-order valence-electron chi connectivity index (χ4n) is 3.10. The van der Waals surface area contributed by atoms with Crippen molar-refractivity contribution >= 4 is 5.97 Å². The van der Waals surface area contributed by atoms with Crippen molar-refractivity contribution in [1.29, 1.82) is 0 Å². The number of carbonyl (C=O) groups excluding carboxylic acids is 1. The maximum atomic E-state index is 12.0. The van der Waals surface area contributed by atoms with E-state index in [9.17, 15) is 20.1 Å². The topological polar surface area (TPSA) is 105 Å². The first-order chi connectivity index (χ1) is 11.5. The summed E-state index contributed by atoms with van der Waals surface area (Å²) in [4.78, 5) is 12.0. The molecule has 0 aromatic carbocycles. The van der Waals surface area contributed by atoms with Crippen molar-refractivity contribution in [3.8, 4) is 0 Å². The number of esters is 1. The van der Waals surface area contributed by atoms with Crippen LogP contribution in [0, 0.1) is 11.8 Å². The summed E-state index contributed by atoms with van der Waals surface area (Å²) in [6.45, 7) is 9.07. The number of aliphatic hydroxyl groups is 3. The lowest BCUT2D eigenvalue weighted by molar-refractivity contribution is -0.303. The van der Waals surface area contributed by atoms with Gasteiger partial charge in [-0.2, -0.15) is 0 Å². The second-order valence-electron chi connectivity index (χ2n) is 8.34. The van der Waals surface area contributed by atoms with Crippen LogP contribution in [0.2, 0.25) is 0 Å². The highest BCUT2D eigenvalue weighted by molar-refractivity contribution is 5.76. The van der Waals surface area contributed by atoms with Gasteiger partial charge < -0.3 is 29.5 Å². The number of aliphatic hydroxyl groups excluding tert-OH is 3. The molecule has 0 bridgehead atoms. The van der Waals surface area contributed by atoms with Crippen molar-refractivity contribution in [3.63, 3.8) is 0 Å². The molecule has 0 aromatic heterocycles. The zero-order valence-corrected chi connectivity index (χ0v) is 15.7. The second kappa shape index (κ2) is 7.88. The summed E-state index contributed by atoms with van der Waals surface area (Å²) < 4.78 is 16.5. The molecule has 25 heavy (non-hydrogen) atoms. The molecule has 3 N–H and O–H groups in total. The molecular formula is C18H32O7. The zero-order valence-electron chi connectivity index (χ0n) is 15.7. The number of hydrogen-bond donors (Lipinski definition) is 3. The Morgan fingerprint density at radius 1 is 1.20 bits per heavy atom. The fourth-order valence-corrected chi connectivity index (χ4v) is 3.10. The number of ether oxygens (including phenoxy) is 3. The predicted molar refractivity (Wildman–Crippen MR) is 89.6 cm³/mol. The summed E-state index contributed by atoms with van der Waals surface area (Å²) in [5, 5.41) is 29.5. The smallest absolute Gasteiger partial charge is 0.309 e. The quantitative estimate of drug-likeness (QED) is 0.606. The number of rotatable bonds is 6. The summed E-state index contributed by atoms with van der Waals surface area (Å²) in [5.74, 6) is 0.146. The lowest BCUT2D eigenvalue weighted by Gasteiger charge is -2.39. The van der Waals surface area contributed by atoms with Gasteiger partial charge in [-0.05, 0) is 59.8 Å². The van der Waals surface area contributed by atoms with E-state index in [0.29, 0.717) is 12.3 Å². The van der Waals surface area contributed by atoms with Gasteiger partial charge in [0.25, 0.3) is 0 Å². The van der Waals surface area contributed by atoms with Gasteiger partial charge in [0.15, 0.2) is 6.29 Å². The van der Waals surface area contributed by atoms with E-state index in [1.807, 2.05) is 27.7 Å². The summed E-state index contributed by atoms with van der Waals surface area (Å²) in [5.41, 5.74) is -0.461. The van der Waals surface area contributed by atoms with Crippen molar-refractivity contribution in [2.75, 3.05) is 0 Å². The van der Waals surface area contributed by atoms with Gasteiger partial charge in [0.05, 0.1) is 18.1 Å². The van der Waals surface area contributed by atoms with Crippen LogP contribution in [0.4, 0.5) is 0 Å². The van der Waals surface area contributed by atoms with Crippen LogP contribution >= 0.6 is 0 Å². The van der Waals surface area contributed by atoms with Crippen LogP contribution in [0.15, 0.2) is 0 Å². The average molecular weight is 360 g/mol. The van der Waals surface area contributed by atoms with E-state index >= 15 is 0 Å². The number of hydrogen-bond acceptors (Lipinski definition) is 7. The Morgan fingerprint density at radius 2 is 1.84 bits per heavy atom. The molecule has 0 aromatic rings. The molecule has 0 spiro atoms. The van der Waals surface area contributed by atoms with Gasteiger partial charge >= 0.3 is 5.97 Å². The Labute approximate surface area is 149 Å². The maximum Gasteiger partial charge on any atom is 0.309 e. The lowest BCUT2D eigenvalue weighted by Crippen LogP contribution is -2.57. The molecule has 1 aliphatic carbocycles. The SMILES string of the molecule is C[C@H](CCC1CC1C(=O)OC(C)(C)C)O[C@@H]1O[C@@H](C)[C@H](O)[C@@H](O)[C@H]1O. The van der Waals surface area contributed by atoms with E-state index in [4.69, 9.17) is 14.2 Å². The fraction of sp³-hybridized carbons (Fsp3) is 0.944. The third kappa shape index (κ3) is 5.62. The normalized spacial score (nSPS) is 39.8. The summed E-state index contributed by atoms with van der Waals surface area (Å²) in [6.07, 6.45) is -3.12. The molecule has 1 saturated heterocycles. The minimum atomic E-state index is -1.29. The Morgan fingerprint density at radius 3 is 2.44 bits per heavy atom. The molecule has 1 aliphatic heterocycles. The molecule has 2 unspecified atom stereocenters. The first kappa shape index (κ1) is 20.6. The molecule has 1 heterocycles. The van der Waals surface area contributed by atoms with Crippen molar-refractivity contribution in [1.82, 2.24) is 0 Å². The Balaban J connectivity index is 1.71. The molecule has 2 fully saturated rings. The van der Waals surface area contributed by atoms with Gasteiger partial charge in [-0.25, -0.2) is 0 Å². The van der Waals surface area contributed by atoms with Gasteiger partial charge in [-0.1, -0.05) is 0 Å². The van der Waals surface area contributed by atoms with E-state index < -0.39 is 36.3 Å². The van der Waals surface area contributed by atoms with Gasteiger partial charge in [-0.15, -0.1) is 0 Å². The molecule has 8 atom stereocenters. The summed E-state index contributed by atoms with van der Waals surface area (Å²) in [6, 6.07) is 0. The highest BCUT2D eigenvalue weighted by atomic mass is 16.7. The molecule has 2 rings (SSSR count).